The van der Waals surface area contributed by atoms with Gasteiger partial charge in [0.05, 0.1) is 28.7 Å². The zero-order chi connectivity index (χ0) is 22.3. The van der Waals surface area contributed by atoms with E-state index in [4.69, 9.17) is 21.1 Å². The first-order valence-corrected chi connectivity index (χ1v) is 9.35. The molecule has 0 spiro atoms. The lowest BCUT2D eigenvalue weighted by atomic mass is 10.1. The number of rotatable bonds is 4. The minimum atomic E-state index is -4.71. The molecule has 2 N–H and O–H groups in total. The molecule has 2 heterocycles. The lowest BCUT2D eigenvalue weighted by molar-refractivity contribution is -0.141. The minimum absolute atomic E-state index is 0.00741. The first-order chi connectivity index (χ1) is 14.7. The van der Waals surface area contributed by atoms with Crippen LogP contribution in [0.25, 0.3) is 5.69 Å². The number of benzene rings is 2. The average molecular weight is 454 g/mol. The second kappa shape index (κ2) is 7.78. The van der Waals surface area contributed by atoms with Crippen molar-refractivity contribution < 1.29 is 32.5 Å². The average Bonchev–Trinajstić information content (AvgIpc) is 3.32. The van der Waals surface area contributed by atoms with Crippen LogP contribution >= 0.6 is 11.6 Å². The van der Waals surface area contributed by atoms with E-state index in [1.54, 1.807) is 12.1 Å². The van der Waals surface area contributed by atoms with Crippen LogP contribution in [-0.2, 0) is 12.8 Å². The maximum Gasteiger partial charge on any atom is 0.436 e. The fraction of sp³-hybridized carbons (Fsp3) is 0.200. The highest BCUT2D eigenvalue weighted by atomic mass is 35.5. The summed E-state index contributed by atoms with van der Waals surface area (Å²) < 4.78 is 50.9. The van der Waals surface area contributed by atoms with Crippen molar-refractivity contribution in [2.24, 2.45) is 0 Å². The fourth-order valence-corrected chi connectivity index (χ4v) is 3.42. The Kier molecular flexibility index (Phi) is 5.28. The van der Waals surface area contributed by atoms with Gasteiger partial charge >= 0.3 is 6.18 Å². The monoisotopic (exact) mass is 453 g/mol. The number of carbonyl (C=O) groups excluding carboxylic acids is 1. The number of hydrogen-bond donors (Lipinski definition) is 2. The van der Waals surface area contributed by atoms with Gasteiger partial charge in [-0.1, -0.05) is 17.7 Å². The number of carbonyl (C=O) groups is 1. The van der Waals surface area contributed by atoms with Gasteiger partial charge < -0.3 is 19.9 Å². The number of hydrogen-bond acceptors (Lipinski definition) is 5. The van der Waals surface area contributed by atoms with E-state index in [0.717, 1.165) is 4.68 Å². The number of aliphatic hydroxyl groups excluding tert-OH is 1. The number of halogens is 4. The number of nitrogens with zero attached hydrogens (tertiary/aromatic N) is 2. The lowest BCUT2D eigenvalue weighted by Crippen LogP contribution is -2.14. The van der Waals surface area contributed by atoms with E-state index >= 15 is 0 Å². The lowest BCUT2D eigenvalue weighted by Gasteiger charge is -2.12. The number of aromatic nitrogens is 2. The number of alkyl halides is 3. The Morgan fingerprint density at radius 3 is 2.74 bits per heavy atom. The number of nitrogens with one attached hydrogen (secondary N) is 1. The molecule has 0 fully saturated rings. The molecule has 1 aliphatic rings. The summed E-state index contributed by atoms with van der Waals surface area (Å²) in [5, 5.41) is 15.4. The third-order valence-electron chi connectivity index (χ3n) is 4.71. The molecule has 3 aromatic rings. The molecule has 7 nitrogen and oxygen atoms in total. The van der Waals surface area contributed by atoms with E-state index in [-0.39, 0.29) is 23.7 Å². The summed E-state index contributed by atoms with van der Waals surface area (Å²) in [4.78, 5) is 12.8. The Bertz CT molecular complexity index is 1180. The van der Waals surface area contributed by atoms with Crippen LogP contribution in [0, 0.1) is 6.92 Å². The molecule has 0 bridgehead atoms. The molecule has 2 aromatic carbocycles. The quantitative estimate of drug-likeness (QED) is 0.614. The normalized spacial score (nSPS) is 12.8. The summed E-state index contributed by atoms with van der Waals surface area (Å²) in [6.07, 6.45) is -4.71. The predicted molar refractivity (Wildman–Crippen MR) is 105 cm³/mol. The van der Waals surface area contributed by atoms with Crippen molar-refractivity contribution in [3.05, 3.63) is 63.9 Å². The summed E-state index contributed by atoms with van der Waals surface area (Å²) in [6, 6.07) is 9.06. The summed E-state index contributed by atoms with van der Waals surface area (Å²) in [5.74, 6) is 0.258. The van der Waals surface area contributed by atoms with Gasteiger partial charge in [-0.15, -0.1) is 0 Å². The van der Waals surface area contributed by atoms with Crippen LogP contribution < -0.4 is 14.8 Å². The number of ether oxygens (including phenoxy) is 2. The van der Waals surface area contributed by atoms with Gasteiger partial charge in [-0.3, -0.25) is 4.79 Å². The highest BCUT2D eigenvalue weighted by Crippen LogP contribution is 2.40. The first kappa shape index (κ1) is 21.0. The van der Waals surface area contributed by atoms with Crippen molar-refractivity contribution in [1.29, 1.82) is 0 Å². The Labute approximate surface area is 179 Å². The van der Waals surface area contributed by atoms with Gasteiger partial charge in [0.15, 0.2) is 17.2 Å². The van der Waals surface area contributed by atoms with Crippen molar-refractivity contribution in [3.63, 3.8) is 0 Å². The largest absolute Gasteiger partial charge is 0.454 e. The Morgan fingerprint density at radius 2 is 2.06 bits per heavy atom. The van der Waals surface area contributed by atoms with Crippen LogP contribution in [0.5, 0.6) is 11.5 Å². The minimum Gasteiger partial charge on any atom is -0.454 e. The smallest absolute Gasteiger partial charge is 0.436 e. The maximum atomic E-state index is 13.1. The van der Waals surface area contributed by atoms with Gasteiger partial charge in [-0.05, 0) is 37.3 Å². The predicted octanol–water partition coefficient (Wildman–Crippen LogP) is 4.33. The molecular formula is C20H15ClF3N3O4. The topological polar surface area (TPSA) is 85.6 Å². The van der Waals surface area contributed by atoms with Crippen LogP contribution in [0.3, 0.4) is 0 Å². The van der Waals surface area contributed by atoms with Crippen molar-refractivity contribution in [2.45, 2.75) is 19.7 Å². The Balaban J connectivity index is 1.65. The van der Waals surface area contributed by atoms with E-state index in [2.05, 4.69) is 10.4 Å². The molecule has 11 heteroatoms. The molecule has 1 amide bonds. The van der Waals surface area contributed by atoms with Crippen LogP contribution in [0.2, 0.25) is 5.02 Å². The Hall–Kier alpha value is -3.24. The zero-order valence-electron chi connectivity index (χ0n) is 16.0. The van der Waals surface area contributed by atoms with Gasteiger partial charge in [0.25, 0.3) is 5.91 Å². The summed E-state index contributed by atoms with van der Waals surface area (Å²) in [6.45, 7) is 1.01. The highest BCUT2D eigenvalue weighted by molar-refractivity contribution is 6.32. The van der Waals surface area contributed by atoms with Crippen LogP contribution in [0.4, 0.5) is 18.9 Å². The van der Waals surface area contributed by atoms with E-state index in [1.807, 2.05) is 0 Å². The molecule has 1 aromatic heterocycles. The molecule has 0 unspecified atom stereocenters. The van der Waals surface area contributed by atoms with Crippen LogP contribution in [-0.4, -0.2) is 27.6 Å². The van der Waals surface area contributed by atoms with Gasteiger partial charge in [0.2, 0.25) is 6.79 Å². The number of anilines is 1. The van der Waals surface area contributed by atoms with Crippen LogP contribution in [0.1, 0.15) is 27.3 Å². The number of aliphatic hydroxyl groups is 1. The molecule has 0 saturated carbocycles. The fourth-order valence-electron chi connectivity index (χ4n) is 3.19. The Morgan fingerprint density at radius 1 is 1.29 bits per heavy atom. The summed E-state index contributed by atoms with van der Waals surface area (Å²) in [7, 11) is 0. The highest BCUT2D eigenvalue weighted by Gasteiger charge is 2.38. The summed E-state index contributed by atoms with van der Waals surface area (Å²) >= 11 is 5.81. The zero-order valence-corrected chi connectivity index (χ0v) is 16.7. The molecule has 31 heavy (non-hydrogen) atoms. The third-order valence-corrected chi connectivity index (χ3v) is 5.17. The van der Waals surface area contributed by atoms with Gasteiger partial charge in [-0.25, -0.2) is 4.68 Å². The molecule has 162 valence electrons. The van der Waals surface area contributed by atoms with E-state index in [1.165, 1.54) is 31.2 Å². The molecule has 4 rings (SSSR count). The number of amides is 1. The van der Waals surface area contributed by atoms with Crippen molar-refractivity contribution >= 4 is 23.2 Å². The molecule has 1 aliphatic heterocycles. The van der Waals surface area contributed by atoms with Gasteiger partial charge in [0.1, 0.15) is 0 Å². The van der Waals surface area contributed by atoms with Crippen molar-refractivity contribution in [2.75, 3.05) is 12.1 Å². The second-order valence-corrected chi connectivity index (χ2v) is 7.02. The molecule has 0 aliphatic carbocycles. The van der Waals surface area contributed by atoms with Crippen molar-refractivity contribution in [3.8, 4) is 17.2 Å². The standard InChI is InChI=1S/C20H15ClF3N3O4/c1-10-16(21)18(20(22,23)24)26-27(10)12-4-2-3-11(7-12)19(29)25-14-5-6-15-17(13(14)8-28)31-9-30-15/h2-7,28H,8-9H2,1H3,(H,25,29). The van der Waals surface area contributed by atoms with Crippen LogP contribution in [0.15, 0.2) is 36.4 Å². The SMILES string of the molecule is Cc1c(Cl)c(C(F)(F)F)nn1-c1cccc(C(=O)Nc2ccc3c(c2CO)OCO3)c1. The van der Waals surface area contributed by atoms with Gasteiger partial charge in [-0.2, -0.15) is 18.3 Å². The third kappa shape index (κ3) is 3.79. The second-order valence-electron chi connectivity index (χ2n) is 6.65. The molecule has 0 saturated heterocycles. The first-order valence-electron chi connectivity index (χ1n) is 8.97. The van der Waals surface area contributed by atoms with Crippen molar-refractivity contribution in [1.82, 2.24) is 9.78 Å². The van der Waals surface area contributed by atoms with Gasteiger partial charge in [0, 0.05) is 11.1 Å². The van der Waals surface area contributed by atoms with E-state index in [9.17, 15) is 23.1 Å². The number of fused-ring (bicyclic) bond motifs is 1. The van der Waals surface area contributed by atoms with E-state index in [0.29, 0.717) is 22.7 Å². The molecule has 0 atom stereocenters. The maximum absolute atomic E-state index is 13.1. The molecular weight excluding hydrogens is 439 g/mol. The van der Waals surface area contributed by atoms with E-state index < -0.39 is 29.4 Å². The molecule has 0 radical (unpaired) electrons. The summed E-state index contributed by atoms with van der Waals surface area (Å²) in [5.41, 5.74) is -0.0440.